The molecule has 19 heteroatoms. The average Bonchev–Trinajstić information content (AvgIpc) is 3.25. The first-order valence-corrected chi connectivity index (χ1v) is 22.0. The molecule has 0 saturated carbocycles. The van der Waals surface area contributed by atoms with Crippen LogP contribution in [0.2, 0.25) is 5.02 Å². The van der Waals surface area contributed by atoms with Crippen molar-refractivity contribution in [1.29, 1.82) is 0 Å². The van der Waals surface area contributed by atoms with Crippen LogP contribution >= 0.6 is 11.6 Å². The Morgan fingerprint density at radius 2 is 0.873 bits per heavy atom. The summed E-state index contributed by atoms with van der Waals surface area (Å²) in [4.78, 5) is 33.0. The summed E-state index contributed by atoms with van der Waals surface area (Å²) in [5.74, 6) is -0.632. The molecule has 0 saturated heterocycles. The number of ether oxygens (including phenoxy) is 4. The van der Waals surface area contributed by atoms with Crippen molar-refractivity contribution in [3.63, 3.8) is 0 Å². The second-order valence-corrected chi connectivity index (χ2v) is 16.7. The number of benzene rings is 6. The average molecular weight is 918 g/mol. The van der Waals surface area contributed by atoms with Gasteiger partial charge in [-0.3, -0.25) is 14.2 Å². The molecule has 0 radical (unpaired) electrons. The standard InChI is InChI=1S/C23H22N2O7S.C21H18ClNO6S/c1-16(26)24-18-8-12-20(13-9-18)33(29,30)25-21-4-2-3-5-22(21)32-15-14-31-19-10-6-17(7-11-19)23(27)28;22-16-7-11-18(12-8-16)30(26,27)23-19-3-1-2-4-20(19)29-14-13-28-17-9-5-15(6-10-17)21(24)25/h2-13,25H,14-15H2,1H3,(H,24,26)(H,27,28);1-12,23H,13-14H2,(H,24,25). The van der Waals surface area contributed by atoms with Crippen LogP contribution in [-0.2, 0) is 24.8 Å². The van der Waals surface area contributed by atoms with Gasteiger partial charge in [-0.2, -0.15) is 0 Å². The first-order chi connectivity index (χ1) is 30.1. The van der Waals surface area contributed by atoms with Gasteiger partial charge in [0.25, 0.3) is 20.0 Å². The topological polar surface area (TPSA) is 233 Å². The second-order valence-electron chi connectivity index (χ2n) is 12.9. The Morgan fingerprint density at radius 3 is 1.25 bits per heavy atom. The van der Waals surface area contributed by atoms with Crippen LogP contribution < -0.4 is 33.7 Å². The summed E-state index contributed by atoms with van der Waals surface area (Å²) < 4.78 is 78.0. The number of hydrogen-bond donors (Lipinski definition) is 5. The largest absolute Gasteiger partial charge is 0.490 e. The zero-order valence-corrected chi connectivity index (χ0v) is 35.7. The van der Waals surface area contributed by atoms with Crippen LogP contribution in [0.15, 0.2) is 155 Å². The summed E-state index contributed by atoms with van der Waals surface area (Å²) in [5.41, 5.74) is 1.36. The van der Waals surface area contributed by atoms with Crippen molar-refractivity contribution < 1.29 is 60.4 Å². The number of amides is 1. The number of rotatable bonds is 19. The molecule has 0 bridgehead atoms. The highest BCUT2D eigenvalue weighted by Gasteiger charge is 2.18. The molecule has 0 spiro atoms. The minimum atomic E-state index is -3.89. The fourth-order valence-electron chi connectivity index (χ4n) is 5.31. The van der Waals surface area contributed by atoms with E-state index in [4.69, 9.17) is 40.8 Å². The maximum Gasteiger partial charge on any atom is 0.335 e. The van der Waals surface area contributed by atoms with E-state index in [2.05, 4.69) is 14.8 Å². The van der Waals surface area contributed by atoms with Gasteiger partial charge in [0.05, 0.1) is 32.3 Å². The summed E-state index contributed by atoms with van der Waals surface area (Å²) in [7, 11) is -7.69. The first-order valence-electron chi connectivity index (χ1n) is 18.6. The smallest absolute Gasteiger partial charge is 0.335 e. The monoisotopic (exact) mass is 917 g/mol. The van der Waals surface area contributed by atoms with Crippen LogP contribution in [0.5, 0.6) is 23.0 Å². The summed E-state index contributed by atoms with van der Waals surface area (Å²) in [6.45, 7) is 2.00. The lowest BCUT2D eigenvalue weighted by molar-refractivity contribution is -0.114. The minimum absolute atomic E-state index is 0.0274. The van der Waals surface area contributed by atoms with Crippen LogP contribution in [0.25, 0.3) is 0 Å². The van der Waals surface area contributed by atoms with E-state index < -0.39 is 32.0 Å². The SMILES string of the molecule is CC(=O)Nc1ccc(S(=O)(=O)Nc2ccccc2OCCOc2ccc(C(=O)O)cc2)cc1.O=C(O)c1ccc(OCCOc2ccccc2NS(=O)(=O)c2ccc(Cl)cc2)cc1. The Kier molecular flexibility index (Phi) is 16.3. The van der Waals surface area contributed by atoms with Crippen LogP contribution in [-0.4, -0.2) is 71.3 Å². The fraction of sp³-hybridized carbons (Fsp3) is 0.114. The predicted molar refractivity (Wildman–Crippen MR) is 235 cm³/mol. The van der Waals surface area contributed by atoms with E-state index in [-0.39, 0.29) is 58.9 Å². The summed E-state index contributed by atoms with van der Waals surface area (Å²) in [6.07, 6.45) is 0. The molecule has 5 N–H and O–H groups in total. The summed E-state index contributed by atoms with van der Waals surface area (Å²) in [5, 5.41) is 20.8. The maximum atomic E-state index is 12.8. The van der Waals surface area contributed by atoms with Gasteiger partial charge in [0.15, 0.2) is 0 Å². The number of halogens is 1. The van der Waals surface area contributed by atoms with Crippen molar-refractivity contribution in [3.05, 3.63) is 162 Å². The van der Waals surface area contributed by atoms with Crippen LogP contribution in [0, 0.1) is 0 Å². The number of para-hydroxylation sites is 4. The lowest BCUT2D eigenvalue weighted by Crippen LogP contribution is -2.15. The predicted octanol–water partition coefficient (Wildman–Crippen LogP) is 7.90. The van der Waals surface area contributed by atoms with Gasteiger partial charge in [0.1, 0.15) is 49.4 Å². The molecule has 6 aromatic carbocycles. The maximum absolute atomic E-state index is 12.8. The zero-order valence-electron chi connectivity index (χ0n) is 33.3. The van der Waals surface area contributed by atoms with Gasteiger partial charge in [0.2, 0.25) is 5.91 Å². The molecule has 16 nitrogen and oxygen atoms in total. The van der Waals surface area contributed by atoms with E-state index in [0.29, 0.717) is 39.4 Å². The number of sulfonamides is 2. The van der Waals surface area contributed by atoms with E-state index in [1.807, 2.05) is 0 Å². The van der Waals surface area contributed by atoms with Gasteiger partial charge >= 0.3 is 11.9 Å². The Balaban J connectivity index is 0.000000239. The molecule has 0 aliphatic carbocycles. The third-order valence-electron chi connectivity index (χ3n) is 8.29. The van der Waals surface area contributed by atoms with Gasteiger partial charge in [0, 0.05) is 17.6 Å². The van der Waals surface area contributed by atoms with Gasteiger partial charge in [-0.1, -0.05) is 35.9 Å². The molecule has 63 heavy (non-hydrogen) atoms. The van der Waals surface area contributed by atoms with Crippen molar-refractivity contribution in [2.24, 2.45) is 0 Å². The molecule has 0 aromatic heterocycles. The number of hydrogen-bond acceptors (Lipinski definition) is 11. The molecule has 0 fully saturated rings. The normalized spacial score (nSPS) is 10.9. The number of carboxylic acids is 2. The van der Waals surface area contributed by atoms with Crippen molar-refractivity contribution in [2.75, 3.05) is 41.2 Å². The zero-order chi connectivity index (χ0) is 45.4. The molecule has 0 aliphatic heterocycles. The number of carboxylic acid groups (broad SMARTS) is 2. The van der Waals surface area contributed by atoms with Crippen molar-refractivity contribution in [2.45, 2.75) is 16.7 Å². The van der Waals surface area contributed by atoms with Gasteiger partial charge in [-0.05, 0) is 121 Å². The number of carbonyl (C=O) groups is 3. The quantitative estimate of drug-likeness (QED) is 0.0487. The molecule has 0 unspecified atom stereocenters. The number of nitrogens with one attached hydrogen (secondary N) is 3. The van der Waals surface area contributed by atoms with Crippen molar-refractivity contribution in [3.8, 4) is 23.0 Å². The van der Waals surface area contributed by atoms with Crippen molar-refractivity contribution in [1.82, 2.24) is 0 Å². The molecular formula is C44H40ClN3O13S2. The van der Waals surface area contributed by atoms with Gasteiger partial charge in [-0.15, -0.1) is 0 Å². The molecule has 0 atom stereocenters. The number of anilines is 3. The molecule has 328 valence electrons. The van der Waals surface area contributed by atoms with E-state index in [0.717, 1.165) is 0 Å². The van der Waals surface area contributed by atoms with Crippen LogP contribution in [0.4, 0.5) is 17.1 Å². The third-order valence-corrected chi connectivity index (χ3v) is 11.3. The number of carbonyl (C=O) groups excluding carboxylic acids is 1. The first kappa shape index (κ1) is 46.8. The Bertz CT molecular complexity index is 2720. The highest BCUT2D eigenvalue weighted by atomic mass is 35.5. The minimum Gasteiger partial charge on any atom is -0.490 e. The molecular weight excluding hydrogens is 878 g/mol. The van der Waals surface area contributed by atoms with Gasteiger partial charge in [-0.25, -0.2) is 26.4 Å². The summed E-state index contributed by atoms with van der Waals surface area (Å²) >= 11 is 5.81. The lowest BCUT2D eigenvalue weighted by Gasteiger charge is -2.14. The fourth-order valence-corrected chi connectivity index (χ4v) is 7.57. The van der Waals surface area contributed by atoms with E-state index in [1.54, 1.807) is 72.8 Å². The second kappa shape index (κ2) is 22.0. The Hall–Kier alpha value is -7.28. The van der Waals surface area contributed by atoms with Crippen LogP contribution in [0.3, 0.4) is 0 Å². The van der Waals surface area contributed by atoms with Gasteiger partial charge < -0.3 is 34.5 Å². The lowest BCUT2D eigenvalue weighted by atomic mass is 10.2. The molecule has 6 aromatic rings. The van der Waals surface area contributed by atoms with Crippen LogP contribution in [0.1, 0.15) is 27.6 Å². The molecule has 0 aliphatic rings. The van der Waals surface area contributed by atoms with E-state index in [9.17, 15) is 31.2 Å². The Morgan fingerprint density at radius 1 is 0.508 bits per heavy atom. The molecule has 1 amide bonds. The highest BCUT2D eigenvalue weighted by Crippen LogP contribution is 2.29. The molecule has 0 heterocycles. The summed E-state index contributed by atoms with van der Waals surface area (Å²) in [6, 6.07) is 36.8. The van der Waals surface area contributed by atoms with E-state index in [1.165, 1.54) is 79.7 Å². The third kappa shape index (κ3) is 14.4. The van der Waals surface area contributed by atoms with Crippen molar-refractivity contribution >= 4 is 66.6 Å². The number of aromatic carboxylic acids is 2. The Labute approximate surface area is 368 Å². The molecule has 6 rings (SSSR count). The highest BCUT2D eigenvalue weighted by molar-refractivity contribution is 7.93. The van der Waals surface area contributed by atoms with E-state index >= 15 is 0 Å².